The summed E-state index contributed by atoms with van der Waals surface area (Å²) < 4.78 is 11.7. The molecule has 2 rings (SSSR count). The van der Waals surface area contributed by atoms with E-state index in [9.17, 15) is 4.21 Å². The molecule has 0 aliphatic carbocycles. The maximum Gasteiger partial charge on any atom is 0.0580 e. The Hall–Kier alpha value is -0.890. The van der Waals surface area contributed by atoms with Crippen LogP contribution in [0.3, 0.4) is 0 Å². The van der Waals surface area contributed by atoms with Gasteiger partial charge in [-0.05, 0) is 31.1 Å². The molecular weight excluding hydrogens is 180 g/mol. The molecule has 0 fully saturated rings. The SMILES string of the molecule is CC(C)=C1CS(=O)c2ccccc21. The topological polar surface area (TPSA) is 17.1 Å². The highest BCUT2D eigenvalue weighted by Crippen LogP contribution is 2.33. The minimum Gasteiger partial charge on any atom is -0.254 e. The zero-order valence-electron chi connectivity index (χ0n) is 7.83. The summed E-state index contributed by atoms with van der Waals surface area (Å²) in [5, 5.41) is 0. The van der Waals surface area contributed by atoms with E-state index in [-0.39, 0.29) is 0 Å². The van der Waals surface area contributed by atoms with Crippen molar-refractivity contribution in [2.75, 3.05) is 5.75 Å². The molecule has 0 radical (unpaired) electrons. The first-order valence-corrected chi connectivity index (χ1v) is 5.66. The van der Waals surface area contributed by atoms with E-state index in [4.69, 9.17) is 0 Å². The predicted octanol–water partition coefficient (Wildman–Crippen LogP) is 2.60. The van der Waals surface area contributed by atoms with Crippen LogP contribution in [0.2, 0.25) is 0 Å². The van der Waals surface area contributed by atoms with E-state index < -0.39 is 10.8 Å². The van der Waals surface area contributed by atoms with E-state index in [2.05, 4.69) is 19.9 Å². The molecule has 0 N–H and O–H groups in total. The minimum atomic E-state index is -0.806. The van der Waals surface area contributed by atoms with Crippen LogP contribution < -0.4 is 0 Å². The first kappa shape index (κ1) is 8.70. The fraction of sp³-hybridized carbons (Fsp3) is 0.273. The van der Waals surface area contributed by atoms with Gasteiger partial charge in [-0.25, -0.2) is 0 Å². The van der Waals surface area contributed by atoms with Crippen LogP contribution >= 0.6 is 0 Å². The van der Waals surface area contributed by atoms with Crippen molar-refractivity contribution in [1.82, 2.24) is 0 Å². The lowest BCUT2D eigenvalue weighted by atomic mass is 10.0. The van der Waals surface area contributed by atoms with Gasteiger partial charge in [-0.15, -0.1) is 0 Å². The number of allylic oxidation sites excluding steroid dienone is 1. The highest BCUT2D eigenvalue weighted by Gasteiger charge is 2.22. The molecule has 1 unspecified atom stereocenters. The van der Waals surface area contributed by atoms with Gasteiger partial charge in [-0.3, -0.25) is 4.21 Å². The van der Waals surface area contributed by atoms with Gasteiger partial charge in [-0.1, -0.05) is 23.8 Å². The molecule has 1 nitrogen and oxygen atoms in total. The Morgan fingerprint density at radius 2 is 2.00 bits per heavy atom. The van der Waals surface area contributed by atoms with Crippen molar-refractivity contribution in [1.29, 1.82) is 0 Å². The summed E-state index contributed by atoms with van der Waals surface area (Å²) in [6.07, 6.45) is 0. The molecule has 1 aliphatic heterocycles. The Kier molecular flexibility index (Phi) is 2.08. The average molecular weight is 192 g/mol. The van der Waals surface area contributed by atoms with Crippen LogP contribution in [0.1, 0.15) is 19.4 Å². The summed E-state index contributed by atoms with van der Waals surface area (Å²) in [6, 6.07) is 7.97. The van der Waals surface area contributed by atoms with Crippen LogP contribution in [-0.2, 0) is 10.8 Å². The van der Waals surface area contributed by atoms with Crippen LogP contribution in [0.5, 0.6) is 0 Å². The molecule has 13 heavy (non-hydrogen) atoms. The van der Waals surface area contributed by atoms with E-state index in [1.807, 2.05) is 18.2 Å². The minimum absolute atomic E-state index is 0.696. The van der Waals surface area contributed by atoms with E-state index in [0.717, 1.165) is 4.90 Å². The molecule has 1 atom stereocenters. The molecule has 0 amide bonds. The number of rotatable bonds is 0. The van der Waals surface area contributed by atoms with E-state index in [0.29, 0.717) is 5.75 Å². The molecule has 0 spiro atoms. The summed E-state index contributed by atoms with van der Waals surface area (Å²) >= 11 is 0. The second-order valence-corrected chi connectivity index (χ2v) is 4.88. The summed E-state index contributed by atoms with van der Waals surface area (Å²) in [5.41, 5.74) is 3.72. The van der Waals surface area contributed by atoms with Crippen LogP contribution in [0.4, 0.5) is 0 Å². The van der Waals surface area contributed by atoms with Crippen molar-refractivity contribution >= 4 is 16.4 Å². The maximum atomic E-state index is 11.7. The lowest BCUT2D eigenvalue weighted by Crippen LogP contribution is -1.87. The van der Waals surface area contributed by atoms with Gasteiger partial charge in [-0.2, -0.15) is 0 Å². The zero-order chi connectivity index (χ0) is 9.42. The lowest BCUT2D eigenvalue weighted by Gasteiger charge is -2.00. The van der Waals surface area contributed by atoms with Crippen LogP contribution in [-0.4, -0.2) is 9.96 Å². The Bertz CT molecular complexity index is 400. The van der Waals surface area contributed by atoms with Crippen LogP contribution in [0.25, 0.3) is 5.57 Å². The van der Waals surface area contributed by atoms with Crippen LogP contribution in [0, 0.1) is 0 Å². The number of hydrogen-bond donors (Lipinski definition) is 0. The van der Waals surface area contributed by atoms with Gasteiger partial charge in [0.15, 0.2) is 0 Å². The predicted molar refractivity (Wildman–Crippen MR) is 56.0 cm³/mol. The zero-order valence-corrected chi connectivity index (χ0v) is 8.65. The Morgan fingerprint density at radius 3 is 2.69 bits per heavy atom. The molecule has 2 heteroatoms. The van der Waals surface area contributed by atoms with Gasteiger partial charge in [0.05, 0.1) is 16.6 Å². The van der Waals surface area contributed by atoms with Crippen molar-refractivity contribution in [3.8, 4) is 0 Å². The Balaban J connectivity index is 2.67. The van der Waals surface area contributed by atoms with Crippen molar-refractivity contribution in [3.63, 3.8) is 0 Å². The fourth-order valence-corrected chi connectivity index (χ4v) is 3.14. The van der Waals surface area contributed by atoms with Gasteiger partial charge < -0.3 is 0 Å². The van der Waals surface area contributed by atoms with E-state index in [1.54, 1.807) is 0 Å². The smallest absolute Gasteiger partial charge is 0.0580 e. The highest BCUT2D eigenvalue weighted by atomic mass is 32.2. The maximum absolute atomic E-state index is 11.7. The van der Waals surface area contributed by atoms with E-state index >= 15 is 0 Å². The third kappa shape index (κ3) is 1.35. The summed E-state index contributed by atoms with van der Waals surface area (Å²) in [7, 11) is -0.806. The first-order valence-electron chi connectivity index (χ1n) is 4.34. The number of hydrogen-bond acceptors (Lipinski definition) is 1. The number of benzene rings is 1. The molecule has 0 saturated heterocycles. The molecule has 1 heterocycles. The van der Waals surface area contributed by atoms with Crippen molar-refractivity contribution in [3.05, 3.63) is 35.4 Å². The first-order chi connectivity index (χ1) is 6.20. The average Bonchev–Trinajstić information content (AvgIpc) is 2.45. The van der Waals surface area contributed by atoms with Gasteiger partial charge >= 0.3 is 0 Å². The Labute approximate surface area is 80.9 Å². The molecule has 0 bridgehead atoms. The monoisotopic (exact) mass is 192 g/mol. The largest absolute Gasteiger partial charge is 0.254 e. The third-order valence-electron chi connectivity index (χ3n) is 2.34. The summed E-state index contributed by atoms with van der Waals surface area (Å²) in [6.45, 7) is 4.16. The lowest BCUT2D eigenvalue weighted by molar-refractivity contribution is 0.686. The highest BCUT2D eigenvalue weighted by molar-refractivity contribution is 7.86. The van der Waals surface area contributed by atoms with Gasteiger partial charge in [0.1, 0.15) is 0 Å². The number of fused-ring (bicyclic) bond motifs is 1. The Morgan fingerprint density at radius 1 is 1.31 bits per heavy atom. The van der Waals surface area contributed by atoms with Crippen LogP contribution in [0.15, 0.2) is 34.7 Å². The van der Waals surface area contributed by atoms with Crippen molar-refractivity contribution in [2.24, 2.45) is 0 Å². The van der Waals surface area contributed by atoms with Crippen molar-refractivity contribution in [2.45, 2.75) is 18.7 Å². The molecule has 1 aromatic carbocycles. The van der Waals surface area contributed by atoms with E-state index in [1.165, 1.54) is 16.7 Å². The molecular formula is C11H12OS. The van der Waals surface area contributed by atoms with Crippen molar-refractivity contribution < 1.29 is 4.21 Å². The molecule has 68 valence electrons. The van der Waals surface area contributed by atoms with Gasteiger partial charge in [0, 0.05) is 4.90 Å². The fourth-order valence-electron chi connectivity index (χ4n) is 1.61. The summed E-state index contributed by atoms with van der Waals surface area (Å²) in [4.78, 5) is 0.999. The molecule has 0 aromatic heterocycles. The summed E-state index contributed by atoms with van der Waals surface area (Å²) in [5.74, 6) is 0.696. The quantitative estimate of drug-likeness (QED) is 0.617. The molecule has 1 aromatic rings. The molecule has 1 aliphatic rings. The second kappa shape index (κ2) is 3.11. The third-order valence-corrected chi connectivity index (χ3v) is 3.73. The second-order valence-electron chi connectivity index (χ2n) is 3.46. The normalized spacial score (nSPS) is 20.2. The van der Waals surface area contributed by atoms with Gasteiger partial charge in [0.2, 0.25) is 0 Å². The molecule has 0 saturated carbocycles. The van der Waals surface area contributed by atoms with Gasteiger partial charge in [0.25, 0.3) is 0 Å². The standard InChI is InChI=1S/C11H12OS/c1-8(2)10-7-13(12)11-6-4-3-5-9(10)11/h3-6H,7H2,1-2H3.